The Morgan fingerprint density at radius 1 is 1.44 bits per heavy atom. The lowest BCUT2D eigenvalue weighted by Gasteiger charge is -2.08. The molecule has 4 nitrogen and oxygen atoms in total. The fraction of sp³-hybridized carbons (Fsp3) is 0.385. The molecule has 18 heavy (non-hydrogen) atoms. The molecule has 0 saturated heterocycles. The highest BCUT2D eigenvalue weighted by Gasteiger charge is 2.27. The zero-order valence-corrected chi connectivity index (χ0v) is 11.0. The number of hydrogen-bond acceptors (Lipinski definition) is 5. The predicted molar refractivity (Wildman–Crippen MR) is 72.2 cm³/mol. The van der Waals surface area contributed by atoms with E-state index in [0.717, 1.165) is 11.6 Å². The van der Waals surface area contributed by atoms with Gasteiger partial charge in [0.15, 0.2) is 0 Å². The Balaban J connectivity index is 1.75. The predicted octanol–water partition coefficient (Wildman–Crippen LogP) is 3.04. The Hall–Kier alpha value is -1.62. The van der Waals surface area contributed by atoms with E-state index < -0.39 is 0 Å². The van der Waals surface area contributed by atoms with Crippen molar-refractivity contribution in [1.29, 1.82) is 0 Å². The lowest BCUT2D eigenvalue weighted by atomic mass is 10.4. The van der Waals surface area contributed by atoms with E-state index in [4.69, 9.17) is 4.74 Å². The molecular formula is C13H15N3OS. The summed E-state index contributed by atoms with van der Waals surface area (Å²) in [4.78, 5) is 10.1. The third kappa shape index (κ3) is 2.61. The molecule has 1 aliphatic carbocycles. The minimum Gasteiger partial charge on any atom is -0.472 e. The summed E-state index contributed by atoms with van der Waals surface area (Å²) in [6.07, 6.45) is 2.38. The van der Waals surface area contributed by atoms with Crippen LogP contribution in [-0.2, 0) is 6.61 Å². The molecule has 0 atom stereocenters. The molecule has 1 N–H and O–H groups in total. The van der Waals surface area contributed by atoms with Crippen molar-refractivity contribution >= 4 is 17.2 Å². The van der Waals surface area contributed by atoms with E-state index in [1.807, 2.05) is 24.6 Å². The summed E-state index contributed by atoms with van der Waals surface area (Å²) in [5.41, 5.74) is 0. The highest BCUT2D eigenvalue weighted by Crippen LogP contribution is 2.39. The molecule has 2 aromatic rings. The normalized spacial score (nSPS) is 14.5. The summed E-state index contributed by atoms with van der Waals surface area (Å²) in [6.45, 7) is 0.571. The number of ether oxygens (including phenoxy) is 1. The average Bonchev–Trinajstić information content (AvgIpc) is 3.13. The Morgan fingerprint density at radius 2 is 2.33 bits per heavy atom. The molecule has 1 fully saturated rings. The molecule has 5 heteroatoms. The van der Waals surface area contributed by atoms with E-state index >= 15 is 0 Å². The number of nitrogens with zero attached hydrogens (tertiary/aromatic N) is 2. The van der Waals surface area contributed by atoms with Crippen LogP contribution in [-0.4, -0.2) is 17.0 Å². The van der Waals surface area contributed by atoms with Crippen molar-refractivity contribution in [3.63, 3.8) is 0 Å². The smallest absolute Gasteiger partial charge is 0.219 e. The Kier molecular flexibility index (Phi) is 3.15. The maximum absolute atomic E-state index is 5.73. The summed E-state index contributed by atoms with van der Waals surface area (Å²) in [5.74, 6) is 2.92. The maximum Gasteiger partial charge on any atom is 0.219 e. The minimum atomic E-state index is 0.530. The van der Waals surface area contributed by atoms with Crippen molar-refractivity contribution < 1.29 is 4.74 Å². The average molecular weight is 261 g/mol. The van der Waals surface area contributed by atoms with Gasteiger partial charge in [0.2, 0.25) is 5.88 Å². The molecule has 0 radical (unpaired) electrons. The van der Waals surface area contributed by atoms with Gasteiger partial charge in [-0.1, -0.05) is 6.07 Å². The molecule has 1 aliphatic rings. The Bertz CT molecular complexity index is 523. The third-order valence-electron chi connectivity index (χ3n) is 2.86. The second kappa shape index (κ2) is 4.94. The Labute approximate surface area is 110 Å². The lowest BCUT2D eigenvalue weighted by molar-refractivity contribution is 0.296. The van der Waals surface area contributed by atoms with Crippen LogP contribution in [0, 0.1) is 0 Å². The van der Waals surface area contributed by atoms with Gasteiger partial charge in [-0.2, -0.15) is 4.98 Å². The highest BCUT2D eigenvalue weighted by atomic mass is 32.1. The fourth-order valence-electron chi connectivity index (χ4n) is 1.71. The minimum absolute atomic E-state index is 0.530. The largest absolute Gasteiger partial charge is 0.472 e. The van der Waals surface area contributed by atoms with Crippen molar-refractivity contribution in [3.05, 3.63) is 34.3 Å². The second-order valence-electron chi connectivity index (χ2n) is 4.34. The van der Waals surface area contributed by atoms with Crippen LogP contribution >= 0.6 is 11.3 Å². The number of nitrogens with one attached hydrogen (secondary N) is 1. The lowest BCUT2D eigenvalue weighted by Crippen LogP contribution is -2.03. The first kappa shape index (κ1) is 11.5. The van der Waals surface area contributed by atoms with E-state index in [1.54, 1.807) is 11.3 Å². The van der Waals surface area contributed by atoms with Crippen LogP contribution in [0.2, 0.25) is 0 Å². The molecule has 2 heterocycles. The van der Waals surface area contributed by atoms with E-state index in [9.17, 15) is 0 Å². The first-order chi connectivity index (χ1) is 8.85. The number of aromatic nitrogens is 2. The molecule has 2 aromatic heterocycles. The summed E-state index contributed by atoms with van der Waals surface area (Å²) in [5, 5.41) is 5.10. The molecule has 94 valence electrons. The summed E-state index contributed by atoms with van der Waals surface area (Å²) in [7, 11) is 1.86. The molecule has 0 aromatic carbocycles. The van der Waals surface area contributed by atoms with Crippen molar-refractivity contribution in [1.82, 2.24) is 9.97 Å². The van der Waals surface area contributed by atoms with Crippen LogP contribution in [0.25, 0.3) is 0 Å². The van der Waals surface area contributed by atoms with E-state index in [0.29, 0.717) is 18.4 Å². The van der Waals surface area contributed by atoms with Gasteiger partial charge < -0.3 is 10.1 Å². The molecule has 0 spiro atoms. The van der Waals surface area contributed by atoms with Crippen LogP contribution in [0.15, 0.2) is 23.6 Å². The topological polar surface area (TPSA) is 47.0 Å². The first-order valence-electron chi connectivity index (χ1n) is 6.07. The van der Waals surface area contributed by atoms with Gasteiger partial charge in [0.05, 0.1) is 0 Å². The van der Waals surface area contributed by atoms with Gasteiger partial charge in [-0.25, -0.2) is 4.98 Å². The van der Waals surface area contributed by atoms with Crippen LogP contribution in [0.1, 0.15) is 29.5 Å². The van der Waals surface area contributed by atoms with Crippen molar-refractivity contribution in [2.24, 2.45) is 0 Å². The van der Waals surface area contributed by atoms with E-state index in [2.05, 4.69) is 21.4 Å². The van der Waals surface area contributed by atoms with E-state index in [1.165, 1.54) is 17.7 Å². The summed E-state index contributed by atoms with van der Waals surface area (Å²) in [6, 6.07) is 5.93. The van der Waals surface area contributed by atoms with Gasteiger partial charge in [0, 0.05) is 23.9 Å². The van der Waals surface area contributed by atoms with Gasteiger partial charge in [-0.3, -0.25) is 0 Å². The quantitative estimate of drug-likeness (QED) is 0.898. The van der Waals surface area contributed by atoms with Crippen LogP contribution in [0.4, 0.5) is 5.82 Å². The van der Waals surface area contributed by atoms with Gasteiger partial charge in [-0.05, 0) is 24.3 Å². The number of hydrogen-bond donors (Lipinski definition) is 1. The maximum atomic E-state index is 5.73. The monoisotopic (exact) mass is 261 g/mol. The molecule has 0 unspecified atom stereocenters. The zero-order valence-electron chi connectivity index (χ0n) is 10.2. The summed E-state index contributed by atoms with van der Waals surface area (Å²) >= 11 is 1.69. The van der Waals surface area contributed by atoms with Crippen LogP contribution < -0.4 is 10.1 Å². The van der Waals surface area contributed by atoms with Crippen LogP contribution in [0.5, 0.6) is 5.88 Å². The highest BCUT2D eigenvalue weighted by molar-refractivity contribution is 7.09. The van der Waals surface area contributed by atoms with Gasteiger partial charge in [-0.15, -0.1) is 11.3 Å². The molecule has 3 rings (SSSR count). The molecule has 1 saturated carbocycles. The summed E-state index contributed by atoms with van der Waals surface area (Å²) < 4.78 is 5.73. The second-order valence-corrected chi connectivity index (χ2v) is 5.37. The number of thiophene rings is 1. The van der Waals surface area contributed by atoms with E-state index in [-0.39, 0.29) is 0 Å². The number of anilines is 1. The van der Waals surface area contributed by atoms with Crippen molar-refractivity contribution in [2.45, 2.75) is 25.4 Å². The zero-order chi connectivity index (χ0) is 12.4. The van der Waals surface area contributed by atoms with Gasteiger partial charge in [0.25, 0.3) is 0 Å². The molecule has 0 amide bonds. The molecular weight excluding hydrogens is 246 g/mol. The van der Waals surface area contributed by atoms with Crippen molar-refractivity contribution in [3.8, 4) is 5.88 Å². The SMILES string of the molecule is CNc1cc(OCc2cccs2)nc(C2CC2)n1. The first-order valence-corrected chi connectivity index (χ1v) is 6.95. The van der Waals surface area contributed by atoms with Gasteiger partial charge >= 0.3 is 0 Å². The number of rotatable bonds is 5. The Morgan fingerprint density at radius 3 is 3.00 bits per heavy atom. The van der Waals surface area contributed by atoms with Gasteiger partial charge in [0.1, 0.15) is 18.2 Å². The van der Waals surface area contributed by atoms with Crippen LogP contribution in [0.3, 0.4) is 0 Å². The molecule has 0 aliphatic heterocycles. The fourth-order valence-corrected chi connectivity index (χ4v) is 2.32. The standard InChI is InChI=1S/C13H15N3OS/c1-14-11-7-12(16-13(15-11)9-4-5-9)17-8-10-3-2-6-18-10/h2-3,6-7,9H,4-5,8H2,1H3,(H,14,15,16). The van der Waals surface area contributed by atoms with Crippen molar-refractivity contribution in [2.75, 3.05) is 12.4 Å². The third-order valence-corrected chi connectivity index (χ3v) is 3.71. The molecule has 0 bridgehead atoms.